The second-order valence-corrected chi connectivity index (χ2v) is 4.58. The van der Waals surface area contributed by atoms with Gasteiger partial charge in [-0.1, -0.05) is 0 Å². The van der Waals surface area contributed by atoms with Gasteiger partial charge in [0.15, 0.2) is 11.5 Å². The van der Waals surface area contributed by atoms with Crippen LogP contribution in [0, 0.1) is 0 Å². The summed E-state index contributed by atoms with van der Waals surface area (Å²) in [4.78, 5) is 6.52. The summed E-state index contributed by atoms with van der Waals surface area (Å²) in [5.41, 5.74) is 3.84. The minimum atomic E-state index is 1.04. The molecule has 0 unspecified atom stereocenters. The van der Waals surface area contributed by atoms with Gasteiger partial charge in [-0.05, 0) is 25.7 Å². The molecular formula is C12H16N4. The molecule has 0 bridgehead atoms. The van der Waals surface area contributed by atoms with Crippen molar-refractivity contribution in [1.29, 1.82) is 0 Å². The van der Waals surface area contributed by atoms with Crippen LogP contribution in [0.5, 0.6) is 0 Å². The summed E-state index contributed by atoms with van der Waals surface area (Å²) in [5, 5.41) is 4.63. The maximum atomic E-state index is 4.63. The molecule has 0 N–H and O–H groups in total. The third-order valence-corrected chi connectivity index (χ3v) is 3.26. The molecule has 0 radical (unpaired) electrons. The Morgan fingerprint density at radius 1 is 1.19 bits per heavy atom. The van der Waals surface area contributed by atoms with Crippen LogP contribution in [0.3, 0.4) is 0 Å². The summed E-state index contributed by atoms with van der Waals surface area (Å²) in [5.74, 6) is 1.10. The monoisotopic (exact) mass is 216 g/mol. The molecule has 84 valence electrons. The summed E-state index contributed by atoms with van der Waals surface area (Å²) >= 11 is 0. The molecule has 0 atom stereocenters. The van der Waals surface area contributed by atoms with E-state index in [1.165, 1.54) is 24.0 Å². The van der Waals surface area contributed by atoms with E-state index in [-0.39, 0.29) is 0 Å². The fraction of sp³-hybridized carbons (Fsp3) is 0.500. The van der Waals surface area contributed by atoms with Gasteiger partial charge in [-0.15, -0.1) is 5.10 Å². The quantitative estimate of drug-likeness (QED) is 0.727. The molecule has 2 aromatic rings. The molecule has 0 saturated carbocycles. The SMILES string of the molecule is CN(C)c1nn2ccnc2c2c1CCCC2. The first-order chi connectivity index (χ1) is 7.77. The zero-order chi connectivity index (χ0) is 11.1. The largest absolute Gasteiger partial charge is 0.361 e. The van der Waals surface area contributed by atoms with Gasteiger partial charge in [-0.3, -0.25) is 0 Å². The van der Waals surface area contributed by atoms with E-state index in [1.807, 2.05) is 16.9 Å². The maximum absolute atomic E-state index is 4.63. The highest BCUT2D eigenvalue weighted by atomic mass is 15.3. The number of hydrogen-bond donors (Lipinski definition) is 0. The third kappa shape index (κ3) is 1.29. The molecule has 0 fully saturated rings. The number of fused-ring (bicyclic) bond motifs is 3. The lowest BCUT2D eigenvalue weighted by Crippen LogP contribution is -2.19. The second-order valence-electron chi connectivity index (χ2n) is 4.58. The van der Waals surface area contributed by atoms with Crippen LogP contribution < -0.4 is 4.90 Å². The van der Waals surface area contributed by atoms with Gasteiger partial charge in [-0.2, -0.15) is 0 Å². The van der Waals surface area contributed by atoms with Gasteiger partial charge >= 0.3 is 0 Å². The van der Waals surface area contributed by atoms with Crippen LogP contribution in [0.2, 0.25) is 0 Å². The maximum Gasteiger partial charge on any atom is 0.157 e. The van der Waals surface area contributed by atoms with Gasteiger partial charge in [0.05, 0.1) is 0 Å². The predicted molar refractivity (Wildman–Crippen MR) is 64.0 cm³/mol. The third-order valence-electron chi connectivity index (χ3n) is 3.26. The first kappa shape index (κ1) is 9.63. The van der Waals surface area contributed by atoms with Crippen molar-refractivity contribution in [3.8, 4) is 0 Å². The average molecular weight is 216 g/mol. The molecule has 3 rings (SSSR count). The molecule has 0 aliphatic heterocycles. The minimum Gasteiger partial charge on any atom is -0.361 e. The zero-order valence-corrected chi connectivity index (χ0v) is 9.77. The first-order valence-corrected chi connectivity index (χ1v) is 5.80. The highest BCUT2D eigenvalue weighted by Crippen LogP contribution is 2.29. The Bertz CT molecular complexity index is 527. The number of imidazole rings is 1. The molecule has 1 aliphatic rings. The van der Waals surface area contributed by atoms with E-state index in [0.29, 0.717) is 0 Å². The Labute approximate surface area is 94.9 Å². The van der Waals surface area contributed by atoms with Crippen molar-refractivity contribution in [3.63, 3.8) is 0 Å². The molecule has 0 saturated heterocycles. The van der Waals surface area contributed by atoms with Crippen LogP contribution in [0.1, 0.15) is 24.0 Å². The van der Waals surface area contributed by atoms with E-state index in [9.17, 15) is 0 Å². The van der Waals surface area contributed by atoms with Crippen molar-refractivity contribution in [2.45, 2.75) is 25.7 Å². The average Bonchev–Trinajstić information content (AvgIpc) is 2.75. The molecule has 0 spiro atoms. The Morgan fingerprint density at radius 2 is 1.94 bits per heavy atom. The van der Waals surface area contributed by atoms with E-state index < -0.39 is 0 Å². The lowest BCUT2D eigenvalue weighted by Gasteiger charge is -2.22. The molecule has 2 aromatic heterocycles. The topological polar surface area (TPSA) is 33.4 Å². The van der Waals surface area contributed by atoms with Gasteiger partial charge in [-0.25, -0.2) is 9.50 Å². The van der Waals surface area contributed by atoms with Gasteiger partial charge in [0, 0.05) is 37.6 Å². The predicted octanol–water partition coefficient (Wildman–Crippen LogP) is 1.67. The minimum absolute atomic E-state index is 1.04. The Kier molecular flexibility index (Phi) is 2.09. The lowest BCUT2D eigenvalue weighted by atomic mass is 9.93. The van der Waals surface area contributed by atoms with Gasteiger partial charge < -0.3 is 4.90 Å². The lowest BCUT2D eigenvalue weighted by molar-refractivity contribution is 0.673. The van der Waals surface area contributed by atoms with Crippen molar-refractivity contribution < 1.29 is 0 Å². The Hall–Kier alpha value is -1.58. The molecule has 0 aromatic carbocycles. The second kappa shape index (κ2) is 3.47. The van der Waals surface area contributed by atoms with Crippen LogP contribution in [-0.4, -0.2) is 28.7 Å². The molecule has 1 aliphatic carbocycles. The number of rotatable bonds is 1. The molecular weight excluding hydrogens is 200 g/mol. The molecule has 0 amide bonds. The summed E-state index contributed by atoms with van der Waals surface area (Å²) in [6.07, 6.45) is 8.57. The van der Waals surface area contributed by atoms with Crippen molar-refractivity contribution in [3.05, 3.63) is 23.5 Å². The number of aromatic nitrogens is 3. The van der Waals surface area contributed by atoms with Crippen molar-refractivity contribution in [2.75, 3.05) is 19.0 Å². The van der Waals surface area contributed by atoms with E-state index in [0.717, 1.165) is 24.3 Å². The van der Waals surface area contributed by atoms with Crippen LogP contribution in [0.25, 0.3) is 5.65 Å². The summed E-state index contributed by atoms with van der Waals surface area (Å²) in [6, 6.07) is 0. The van der Waals surface area contributed by atoms with Crippen LogP contribution in [0.15, 0.2) is 12.4 Å². The molecule has 4 heteroatoms. The molecule has 2 heterocycles. The van der Waals surface area contributed by atoms with Crippen LogP contribution in [0.4, 0.5) is 5.82 Å². The summed E-state index contributed by atoms with van der Waals surface area (Å²) in [6.45, 7) is 0. The van der Waals surface area contributed by atoms with E-state index in [2.05, 4.69) is 29.1 Å². The van der Waals surface area contributed by atoms with E-state index >= 15 is 0 Å². The smallest absolute Gasteiger partial charge is 0.157 e. The number of nitrogens with zero attached hydrogens (tertiary/aromatic N) is 4. The highest BCUT2D eigenvalue weighted by Gasteiger charge is 2.19. The van der Waals surface area contributed by atoms with Gasteiger partial charge in [0.1, 0.15) is 0 Å². The number of hydrogen-bond acceptors (Lipinski definition) is 3. The van der Waals surface area contributed by atoms with Crippen molar-refractivity contribution >= 4 is 11.5 Å². The fourth-order valence-corrected chi connectivity index (χ4v) is 2.51. The molecule has 4 nitrogen and oxygen atoms in total. The van der Waals surface area contributed by atoms with Crippen LogP contribution >= 0.6 is 0 Å². The molecule has 16 heavy (non-hydrogen) atoms. The highest BCUT2D eigenvalue weighted by molar-refractivity contribution is 5.60. The standard InChI is InChI=1S/C12H16N4/c1-15(2)12-10-6-4-3-5-9(10)11-13-7-8-16(11)14-12/h7-8H,3-6H2,1-2H3. The fourth-order valence-electron chi connectivity index (χ4n) is 2.51. The van der Waals surface area contributed by atoms with Crippen LogP contribution in [-0.2, 0) is 12.8 Å². The number of anilines is 1. The summed E-state index contributed by atoms with van der Waals surface area (Å²) < 4.78 is 1.90. The number of aryl methyl sites for hydroxylation is 1. The van der Waals surface area contributed by atoms with Gasteiger partial charge in [0.25, 0.3) is 0 Å². The van der Waals surface area contributed by atoms with E-state index in [1.54, 1.807) is 0 Å². The Balaban J connectivity index is 2.33. The normalized spacial score (nSPS) is 15.1. The van der Waals surface area contributed by atoms with Gasteiger partial charge in [0.2, 0.25) is 0 Å². The summed E-state index contributed by atoms with van der Waals surface area (Å²) in [7, 11) is 4.11. The Morgan fingerprint density at radius 3 is 2.69 bits per heavy atom. The van der Waals surface area contributed by atoms with E-state index in [4.69, 9.17) is 0 Å². The zero-order valence-electron chi connectivity index (χ0n) is 9.77. The first-order valence-electron chi connectivity index (χ1n) is 5.80. The van der Waals surface area contributed by atoms with Crippen molar-refractivity contribution in [1.82, 2.24) is 14.6 Å². The van der Waals surface area contributed by atoms with Crippen molar-refractivity contribution in [2.24, 2.45) is 0 Å².